The van der Waals surface area contributed by atoms with Crippen molar-refractivity contribution in [2.24, 2.45) is 0 Å². The van der Waals surface area contributed by atoms with Crippen molar-refractivity contribution in [3.05, 3.63) is 12.2 Å². The number of rotatable bonds is 5. The predicted molar refractivity (Wildman–Crippen MR) is 47.2 cm³/mol. The molecule has 1 atom stereocenters. The van der Waals surface area contributed by atoms with E-state index in [0.29, 0.717) is 12.0 Å². The molecule has 1 amide bonds. The molecule has 1 aliphatic carbocycles. The van der Waals surface area contributed by atoms with Crippen LogP contribution in [0, 0.1) is 0 Å². The normalized spacial score (nSPS) is 17.6. The fraction of sp³-hybridized carbons (Fsp3) is 0.556. The summed E-state index contributed by atoms with van der Waals surface area (Å²) in [5, 5.41) is 8.86. The lowest BCUT2D eigenvalue weighted by Crippen LogP contribution is -2.42. The number of carboxylic acids is 1. The van der Waals surface area contributed by atoms with Gasteiger partial charge in [0.2, 0.25) is 6.41 Å². The zero-order valence-corrected chi connectivity index (χ0v) is 7.56. The Balaban J connectivity index is 2.76. The van der Waals surface area contributed by atoms with Crippen molar-refractivity contribution < 1.29 is 14.7 Å². The van der Waals surface area contributed by atoms with Crippen LogP contribution in [0.15, 0.2) is 12.2 Å². The highest BCUT2D eigenvalue weighted by atomic mass is 16.4. The Hall–Kier alpha value is -1.32. The van der Waals surface area contributed by atoms with E-state index in [0.717, 1.165) is 12.8 Å². The Bertz CT molecular complexity index is 231. The fourth-order valence-electron chi connectivity index (χ4n) is 1.32. The highest BCUT2D eigenvalue weighted by Crippen LogP contribution is 2.28. The molecule has 1 aliphatic rings. The predicted octanol–water partition coefficient (Wildman–Crippen LogP) is 0.636. The zero-order valence-electron chi connectivity index (χ0n) is 7.56. The van der Waals surface area contributed by atoms with Crippen LogP contribution in [0.1, 0.15) is 19.8 Å². The van der Waals surface area contributed by atoms with E-state index in [1.807, 2.05) is 0 Å². The number of hydrogen-bond acceptors (Lipinski definition) is 2. The Morgan fingerprint density at radius 3 is 2.46 bits per heavy atom. The Morgan fingerprint density at radius 1 is 1.69 bits per heavy atom. The molecule has 0 aromatic carbocycles. The van der Waals surface area contributed by atoms with Crippen molar-refractivity contribution in [3.63, 3.8) is 0 Å². The molecule has 13 heavy (non-hydrogen) atoms. The number of hydrogen-bond donors (Lipinski definition) is 1. The average molecular weight is 183 g/mol. The van der Waals surface area contributed by atoms with Gasteiger partial charge in [0.1, 0.15) is 0 Å². The second-order valence-electron chi connectivity index (χ2n) is 3.37. The summed E-state index contributed by atoms with van der Waals surface area (Å²) in [7, 11) is 0. The molecule has 0 heterocycles. The summed E-state index contributed by atoms with van der Waals surface area (Å²) in [6.45, 7) is 5.20. The topological polar surface area (TPSA) is 57.6 Å². The third-order valence-corrected chi connectivity index (χ3v) is 2.09. The van der Waals surface area contributed by atoms with Crippen LogP contribution < -0.4 is 0 Å². The number of carboxylic acid groups (broad SMARTS) is 1. The Kier molecular flexibility index (Phi) is 2.70. The molecular weight excluding hydrogens is 170 g/mol. The van der Waals surface area contributed by atoms with E-state index in [1.165, 1.54) is 4.90 Å². The lowest BCUT2D eigenvalue weighted by molar-refractivity contribution is -0.145. The van der Waals surface area contributed by atoms with Crippen LogP contribution >= 0.6 is 0 Å². The van der Waals surface area contributed by atoms with Gasteiger partial charge < -0.3 is 10.0 Å². The van der Waals surface area contributed by atoms with Crippen molar-refractivity contribution >= 4 is 12.4 Å². The first kappa shape index (κ1) is 9.77. The quantitative estimate of drug-likeness (QED) is 0.502. The van der Waals surface area contributed by atoms with Crippen molar-refractivity contribution in [3.8, 4) is 0 Å². The van der Waals surface area contributed by atoms with Crippen LogP contribution in [0.3, 0.4) is 0 Å². The van der Waals surface area contributed by atoms with E-state index in [-0.39, 0.29) is 6.04 Å². The maximum atomic E-state index is 10.8. The molecule has 0 saturated heterocycles. The third-order valence-electron chi connectivity index (χ3n) is 2.09. The minimum absolute atomic E-state index is 0.107. The molecule has 4 heteroatoms. The van der Waals surface area contributed by atoms with Crippen LogP contribution in [0.5, 0.6) is 0 Å². The zero-order chi connectivity index (χ0) is 10.0. The summed E-state index contributed by atoms with van der Waals surface area (Å²) in [6.07, 6.45) is 2.40. The van der Waals surface area contributed by atoms with Gasteiger partial charge in [-0.25, -0.2) is 4.79 Å². The van der Waals surface area contributed by atoms with Gasteiger partial charge in [0, 0.05) is 6.04 Å². The van der Waals surface area contributed by atoms with Crippen LogP contribution in [0.2, 0.25) is 0 Å². The highest BCUT2D eigenvalue weighted by molar-refractivity contribution is 5.80. The maximum absolute atomic E-state index is 10.8. The average Bonchev–Trinajstić information content (AvgIpc) is 2.80. The molecule has 0 aromatic heterocycles. The first-order valence-electron chi connectivity index (χ1n) is 4.19. The largest absolute Gasteiger partial charge is 0.479 e. The summed E-state index contributed by atoms with van der Waals surface area (Å²) in [4.78, 5) is 22.8. The molecule has 4 nitrogen and oxygen atoms in total. The van der Waals surface area contributed by atoms with Crippen LogP contribution in [-0.2, 0) is 9.59 Å². The Labute approximate surface area is 76.8 Å². The van der Waals surface area contributed by atoms with E-state index in [1.54, 1.807) is 6.92 Å². The van der Waals surface area contributed by atoms with E-state index < -0.39 is 12.0 Å². The lowest BCUT2D eigenvalue weighted by atomic mass is 10.1. The van der Waals surface area contributed by atoms with E-state index in [4.69, 9.17) is 5.11 Å². The first-order valence-corrected chi connectivity index (χ1v) is 4.19. The van der Waals surface area contributed by atoms with Crippen molar-refractivity contribution in [2.45, 2.75) is 31.8 Å². The second kappa shape index (κ2) is 3.60. The number of amides is 1. The lowest BCUT2D eigenvalue weighted by Gasteiger charge is -2.24. The Morgan fingerprint density at radius 2 is 2.23 bits per heavy atom. The molecular formula is C9H13NO3. The number of carbonyl (C=O) groups is 2. The summed E-state index contributed by atoms with van der Waals surface area (Å²) in [5.41, 5.74) is 0.492. The number of nitrogens with zero attached hydrogens (tertiary/aromatic N) is 1. The van der Waals surface area contributed by atoms with Gasteiger partial charge in [-0.15, -0.1) is 0 Å². The smallest absolute Gasteiger partial charge is 0.330 e. The minimum Gasteiger partial charge on any atom is -0.479 e. The van der Waals surface area contributed by atoms with E-state index in [2.05, 4.69) is 6.58 Å². The molecule has 1 N–H and O–H groups in total. The van der Waals surface area contributed by atoms with Gasteiger partial charge in [0.15, 0.2) is 6.04 Å². The number of carbonyl (C=O) groups excluding carboxylic acids is 1. The fourth-order valence-corrected chi connectivity index (χ4v) is 1.32. The molecule has 1 rings (SSSR count). The molecule has 72 valence electrons. The molecule has 0 aromatic rings. The van der Waals surface area contributed by atoms with Gasteiger partial charge in [0.25, 0.3) is 0 Å². The van der Waals surface area contributed by atoms with Gasteiger partial charge in [0.05, 0.1) is 0 Å². The third kappa shape index (κ3) is 2.08. The van der Waals surface area contributed by atoms with Crippen molar-refractivity contribution in [1.82, 2.24) is 4.90 Å². The van der Waals surface area contributed by atoms with Crippen molar-refractivity contribution in [2.75, 3.05) is 0 Å². The standard InChI is InChI=1S/C9H13NO3/c1-6(2)8(9(12)13)10(5-11)7-3-4-7/h5,7-8H,1,3-4H2,2H3,(H,12,13). The van der Waals surface area contributed by atoms with E-state index >= 15 is 0 Å². The van der Waals surface area contributed by atoms with Crippen molar-refractivity contribution in [1.29, 1.82) is 0 Å². The van der Waals surface area contributed by atoms with Crippen LogP contribution in [-0.4, -0.2) is 34.5 Å². The highest BCUT2D eigenvalue weighted by Gasteiger charge is 2.36. The summed E-state index contributed by atoms with van der Waals surface area (Å²) < 4.78 is 0. The maximum Gasteiger partial charge on any atom is 0.330 e. The monoisotopic (exact) mass is 183 g/mol. The molecule has 0 radical (unpaired) electrons. The molecule has 0 bridgehead atoms. The summed E-state index contributed by atoms with van der Waals surface area (Å²) >= 11 is 0. The van der Waals surface area contributed by atoms with Crippen LogP contribution in [0.25, 0.3) is 0 Å². The van der Waals surface area contributed by atoms with E-state index in [9.17, 15) is 9.59 Å². The van der Waals surface area contributed by atoms with Gasteiger partial charge in [-0.2, -0.15) is 0 Å². The molecule has 0 spiro atoms. The summed E-state index contributed by atoms with van der Waals surface area (Å²) in [5.74, 6) is -1.01. The molecule has 1 fully saturated rings. The van der Waals surface area contributed by atoms with Gasteiger partial charge >= 0.3 is 5.97 Å². The van der Waals surface area contributed by atoms with Gasteiger partial charge in [-0.1, -0.05) is 6.58 Å². The molecule has 1 unspecified atom stereocenters. The van der Waals surface area contributed by atoms with Gasteiger partial charge in [-0.05, 0) is 25.3 Å². The molecule has 1 saturated carbocycles. The summed E-state index contributed by atoms with van der Waals surface area (Å²) in [6, 6.07) is -0.750. The SMILES string of the molecule is C=C(C)C(C(=O)O)N(C=O)C1CC1. The number of aliphatic carboxylic acids is 1. The first-order chi connectivity index (χ1) is 6.07. The minimum atomic E-state index is -1.01. The second-order valence-corrected chi connectivity index (χ2v) is 3.37. The molecule has 0 aliphatic heterocycles. The van der Waals surface area contributed by atoms with Gasteiger partial charge in [-0.3, -0.25) is 4.79 Å². The van der Waals surface area contributed by atoms with Crippen LogP contribution in [0.4, 0.5) is 0 Å².